The highest BCUT2D eigenvalue weighted by atomic mass is 14.9. The van der Waals surface area contributed by atoms with Gasteiger partial charge in [0.2, 0.25) is 0 Å². The van der Waals surface area contributed by atoms with Gasteiger partial charge in [-0.2, -0.15) is 0 Å². The fourth-order valence-electron chi connectivity index (χ4n) is 3.89. The lowest BCUT2D eigenvalue weighted by atomic mass is 10.1. The average Bonchev–Trinajstić information content (AvgIpc) is 2.79. The zero-order chi connectivity index (χ0) is 21.3. The Morgan fingerprint density at radius 1 is 0.500 bits per heavy atom. The van der Waals surface area contributed by atoms with Gasteiger partial charge in [-0.1, -0.05) is 97.0 Å². The van der Waals surface area contributed by atoms with Crippen molar-refractivity contribution in [2.45, 2.75) is 117 Å². The minimum atomic E-state index is 0.737. The van der Waals surface area contributed by atoms with E-state index in [1.165, 1.54) is 101 Å². The van der Waals surface area contributed by atoms with E-state index < -0.39 is 0 Å². The second-order valence-electron chi connectivity index (χ2n) is 8.71. The average molecular weight is 410 g/mol. The number of hydrogen-bond acceptors (Lipinski definition) is 3. The standard InChI is InChI=1S/C27H43N3/c1-3-5-7-9-11-12-14-16-18-25-22-29-27(30-23-25)26-20-19-24(21-28-26)17-15-13-10-8-6-4-2/h19-23H,3-18H2,1-2H3. The molecule has 0 N–H and O–H groups in total. The lowest BCUT2D eigenvalue weighted by Crippen LogP contribution is -1.96. The van der Waals surface area contributed by atoms with E-state index in [1.807, 2.05) is 18.6 Å². The Balaban J connectivity index is 1.65. The van der Waals surface area contributed by atoms with Crippen LogP contribution in [0.2, 0.25) is 0 Å². The third-order valence-electron chi connectivity index (χ3n) is 5.90. The van der Waals surface area contributed by atoms with E-state index in [4.69, 9.17) is 0 Å². The molecule has 0 fully saturated rings. The summed E-state index contributed by atoms with van der Waals surface area (Å²) in [6, 6.07) is 4.26. The molecule has 166 valence electrons. The largest absolute Gasteiger partial charge is 0.253 e. The van der Waals surface area contributed by atoms with Crippen molar-refractivity contribution in [1.82, 2.24) is 15.0 Å². The van der Waals surface area contributed by atoms with Gasteiger partial charge in [0.15, 0.2) is 5.82 Å². The Kier molecular flexibility index (Phi) is 13.1. The number of aryl methyl sites for hydroxylation is 2. The van der Waals surface area contributed by atoms with Gasteiger partial charge in [0, 0.05) is 18.6 Å². The molecule has 3 nitrogen and oxygen atoms in total. The highest BCUT2D eigenvalue weighted by Crippen LogP contribution is 2.16. The van der Waals surface area contributed by atoms with Crippen LogP contribution in [0.5, 0.6) is 0 Å². The van der Waals surface area contributed by atoms with Gasteiger partial charge >= 0.3 is 0 Å². The smallest absolute Gasteiger partial charge is 0.178 e. The second kappa shape index (κ2) is 16.0. The predicted molar refractivity (Wildman–Crippen MR) is 129 cm³/mol. The second-order valence-corrected chi connectivity index (χ2v) is 8.71. The van der Waals surface area contributed by atoms with Crippen molar-refractivity contribution in [2.24, 2.45) is 0 Å². The topological polar surface area (TPSA) is 38.7 Å². The molecule has 0 aliphatic rings. The van der Waals surface area contributed by atoms with Gasteiger partial charge in [0.25, 0.3) is 0 Å². The Bertz CT molecular complexity index is 649. The molecule has 2 rings (SSSR count). The maximum absolute atomic E-state index is 4.60. The van der Waals surface area contributed by atoms with E-state index >= 15 is 0 Å². The molecule has 0 saturated heterocycles. The summed E-state index contributed by atoms with van der Waals surface area (Å²) >= 11 is 0. The summed E-state index contributed by atoms with van der Waals surface area (Å²) in [5, 5.41) is 0. The Hall–Kier alpha value is -1.77. The molecule has 0 aromatic carbocycles. The summed E-state index contributed by atoms with van der Waals surface area (Å²) in [6.07, 6.45) is 27.0. The summed E-state index contributed by atoms with van der Waals surface area (Å²) in [6.45, 7) is 4.54. The van der Waals surface area contributed by atoms with Crippen molar-refractivity contribution < 1.29 is 0 Å². The maximum atomic E-state index is 4.60. The van der Waals surface area contributed by atoms with Crippen LogP contribution < -0.4 is 0 Å². The fraction of sp³-hybridized carbons (Fsp3) is 0.667. The third-order valence-corrected chi connectivity index (χ3v) is 5.90. The first-order valence-corrected chi connectivity index (χ1v) is 12.6. The number of nitrogens with zero attached hydrogens (tertiary/aromatic N) is 3. The first-order valence-electron chi connectivity index (χ1n) is 12.6. The van der Waals surface area contributed by atoms with E-state index in [1.54, 1.807) is 0 Å². The van der Waals surface area contributed by atoms with E-state index in [0.717, 1.165) is 24.4 Å². The molecule has 0 radical (unpaired) electrons. The first kappa shape index (κ1) is 24.5. The van der Waals surface area contributed by atoms with Gasteiger partial charge in [0.05, 0.1) is 0 Å². The number of aromatic nitrogens is 3. The number of unbranched alkanes of at least 4 members (excludes halogenated alkanes) is 12. The SMILES string of the molecule is CCCCCCCCCCc1cnc(-c2ccc(CCCCCCCC)cn2)nc1. The molecule has 2 heterocycles. The fourth-order valence-corrected chi connectivity index (χ4v) is 3.89. The van der Waals surface area contributed by atoms with Crippen molar-refractivity contribution in [3.05, 3.63) is 41.9 Å². The molecule has 0 bridgehead atoms. The van der Waals surface area contributed by atoms with E-state index in [-0.39, 0.29) is 0 Å². The molecule has 0 amide bonds. The summed E-state index contributed by atoms with van der Waals surface area (Å²) in [5.41, 5.74) is 3.44. The summed E-state index contributed by atoms with van der Waals surface area (Å²) in [7, 11) is 0. The zero-order valence-electron chi connectivity index (χ0n) is 19.5. The molecule has 3 heteroatoms. The molecule has 30 heavy (non-hydrogen) atoms. The Morgan fingerprint density at radius 2 is 0.967 bits per heavy atom. The summed E-state index contributed by atoms with van der Waals surface area (Å²) < 4.78 is 0. The quantitative estimate of drug-likeness (QED) is 0.248. The van der Waals surface area contributed by atoms with Crippen LogP contribution in [0, 0.1) is 0 Å². The van der Waals surface area contributed by atoms with Crippen LogP contribution in [0.4, 0.5) is 0 Å². The van der Waals surface area contributed by atoms with Gasteiger partial charge in [-0.05, 0) is 42.9 Å². The number of pyridine rings is 1. The van der Waals surface area contributed by atoms with Crippen LogP contribution in [-0.2, 0) is 12.8 Å². The van der Waals surface area contributed by atoms with E-state index in [9.17, 15) is 0 Å². The Morgan fingerprint density at radius 3 is 1.47 bits per heavy atom. The van der Waals surface area contributed by atoms with Crippen LogP contribution in [0.25, 0.3) is 11.5 Å². The summed E-state index contributed by atoms with van der Waals surface area (Å²) in [4.78, 5) is 13.7. The number of rotatable bonds is 17. The molecule has 0 aliphatic heterocycles. The molecule has 0 atom stereocenters. The van der Waals surface area contributed by atoms with E-state index in [0.29, 0.717) is 0 Å². The molecule has 0 spiro atoms. The van der Waals surface area contributed by atoms with Crippen molar-refractivity contribution in [3.63, 3.8) is 0 Å². The molecule has 2 aromatic rings. The lowest BCUT2D eigenvalue weighted by Gasteiger charge is -2.05. The van der Waals surface area contributed by atoms with Crippen LogP contribution in [0.1, 0.15) is 115 Å². The predicted octanol–water partition coefficient (Wildman–Crippen LogP) is 8.12. The first-order chi connectivity index (χ1) is 14.8. The minimum Gasteiger partial charge on any atom is -0.253 e. The van der Waals surface area contributed by atoms with Gasteiger partial charge < -0.3 is 0 Å². The molecule has 0 unspecified atom stereocenters. The lowest BCUT2D eigenvalue weighted by molar-refractivity contribution is 0.575. The molecular formula is C27H43N3. The number of hydrogen-bond donors (Lipinski definition) is 0. The summed E-state index contributed by atoms with van der Waals surface area (Å²) in [5.74, 6) is 0.737. The molecule has 0 saturated carbocycles. The van der Waals surface area contributed by atoms with Crippen LogP contribution in [0.15, 0.2) is 30.7 Å². The van der Waals surface area contributed by atoms with Gasteiger partial charge in [-0.3, -0.25) is 4.98 Å². The van der Waals surface area contributed by atoms with Crippen LogP contribution >= 0.6 is 0 Å². The van der Waals surface area contributed by atoms with Crippen molar-refractivity contribution >= 4 is 0 Å². The van der Waals surface area contributed by atoms with Gasteiger partial charge in [0.1, 0.15) is 5.69 Å². The highest BCUT2D eigenvalue weighted by Gasteiger charge is 2.04. The third kappa shape index (κ3) is 10.3. The maximum Gasteiger partial charge on any atom is 0.178 e. The van der Waals surface area contributed by atoms with Crippen molar-refractivity contribution in [1.29, 1.82) is 0 Å². The minimum absolute atomic E-state index is 0.737. The molecule has 0 aliphatic carbocycles. The molecule has 2 aromatic heterocycles. The van der Waals surface area contributed by atoms with Crippen LogP contribution in [-0.4, -0.2) is 15.0 Å². The van der Waals surface area contributed by atoms with Crippen molar-refractivity contribution in [3.8, 4) is 11.5 Å². The van der Waals surface area contributed by atoms with Gasteiger partial charge in [-0.25, -0.2) is 9.97 Å². The van der Waals surface area contributed by atoms with Crippen molar-refractivity contribution in [2.75, 3.05) is 0 Å². The highest BCUT2D eigenvalue weighted by molar-refractivity contribution is 5.48. The van der Waals surface area contributed by atoms with E-state index in [2.05, 4.69) is 40.9 Å². The normalized spacial score (nSPS) is 11.1. The van der Waals surface area contributed by atoms with Gasteiger partial charge in [-0.15, -0.1) is 0 Å². The monoisotopic (exact) mass is 409 g/mol. The van der Waals surface area contributed by atoms with Crippen LogP contribution in [0.3, 0.4) is 0 Å². The zero-order valence-corrected chi connectivity index (χ0v) is 19.5. The Labute approximate surface area is 185 Å². The molecular weight excluding hydrogens is 366 g/mol.